The minimum absolute atomic E-state index is 0.0340. The highest BCUT2D eigenvalue weighted by Crippen LogP contribution is 2.37. The van der Waals surface area contributed by atoms with Gasteiger partial charge in [0.25, 0.3) is 0 Å². The van der Waals surface area contributed by atoms with Crippen LogP contribution in [0.25, 0.3) is 11.0 Å². The number of fused-ring (bicyclic) bond motifs is 1. The molecule has 1 aromatic heterocycles. The predicted octanol–water partition coefficient (Wildman–Crippen LogP) is 4.14. The van der Waals surface area contributed by atoms with Crippen molar-refractivity contribution in [3.05, 3.63) is 59.9 Å². The molecule has 1 saturated heterocycles. The molecule has 0 saturated carbocycles. The fraction of sp³-hybridized carbons (Fsp3) is 0.440. The van der Waals surface area contributed by atoms with Crippen molar-refractivity contribution >= 4 is 16.9 Å². The van der Waals surface area contributed by atoms with Crippen LogP contribution < -0.4 is 10.1 Å². The molecule has 6 heteroatoms. The fourth-order valence-electron chi connectivity index (χ4n) is 4.53. The lowest BCUT2D eigenvalue weighted by Gasteiger charge is -2.38. The molecule has 1 aliphatic rings. The molecule has 1 atom stereocenters. The summed E-state index contributed by atoms with van der Waals surface area (Å²) >= 11 is 0. The van der Waals surface area contributed by atoms with Gasteiger partial charge in [-0.25, -0.2) is 4.98 Å². The standard InChI is InChI=1S/C25H31N3O3/c1-17(2)22(23-26-20-7-5-6-8-21(20)28(23)3)27-24(29)25(13-15-31-16-14-25)18-9-11-19(30-4)12-10-18/h5-12,17,22H,13-16H2,1-4H3,(H,27,29)/t22-/m0/s1. The van der Waals surface area contributed by atoms with E-state index in [-0.39, 0.29) is 17.9 Å². The molecule has 0 unspecified atom stereocenters. The van der Waals surface area contributed by atoms with Crippen LogP contribution in [0.15, 0.2) is 48.5 Å². The number of carbonyl (C=O) groups excluding carboxylic acids is 1. The molecule has 0 aliphatic carbocycles. The summed E-state index contributed by atoms with van der Waals surface area (Å²) in [7, 11) is 3.66. The Balaban J connectivity index is 1.69. The van der Waals surface area contributed by atoms with Crippen LogP contribution in [-0.4, -0.2) is 35.8 Å². The second-order valence-corrected chi connectivity index (χ2v) is 8.64. The predicted molar refractivity (Wildman–Crippen MR) is 121 cm³/mol. The molecule has 2 aromatic carbocycles. The van der Waals surface area contributed by atoms with Gasteiger partial charge in [-0.2, -0.15) is 0 Å². The van der Waals surface area contributed by atoms with Crippen LogP contribution in [0.5, 0.6) is 5.75 Å². The molecule has 31 heavy (non-hydrogen) atoms. The second kappa shape index (κ2) is 8.71. The molecule has 0 spiro atoms. The smallest absolute Gasteiger partial charge is 0.231 e. The first-order valence-electron chi connectivity index (χ1n) is 10.9. The molecule has 6 nitrogen and oxygen atoms in total. The summed E-state index contributed by atoms with van der Waals surface area (Å²) in [6, 6.07) is 15.7. The van der Waals surface area contributed by atoms with Crippen molar-refractivity contribution in [2.45, 2.75) is 38.1 Å². The largest absolute Gasteiger partial charge is 0.497 e. The van der Waals surface area contributed by atoms with Gasteiger partial charge in [0.2, 0.25) is 5.91 Å². The van der Waals surface area contributed by atoms with Crippen LogP contribution in [0.4, 0.5) is 0 Å². The number of carbonyl (C=O) groups is 1. The van der Waals surface area contributed by atoms with Crippen LogP contribution in [0.2, 0.25) is 0 Å². The molecule has 0 bridgehead atoms. The van der Waals surface area contributed by atoms with E-state index in [2.05, 4.69) is 29.8 Å². The van der Waals surface area contributed by atoms with Gasteiger partial charge < -0.3 is 19.4 Å². The van der Waals surface area contributed by atoms with Crippen LogP contribution in [-0.2, 0) is 22.0 Å². The topological polar surface area (TPSA) is 65.4 Å². The Morgan fingerprint density at radius 1 is 1.13 bits per heavy atom. The average molecular weight is 422 g/mol. The van der Waals surface area contributed by atoms with Gasteiger partial charge in [-0.1, -0.05) is 38.1 Å². The number of aromatic nitrogens is 2. The Bertz CT molecular complexity index is 1050. The van der Waals surface area contributed by atoms with Gasteiger partial charge in [0.1, 0.15) is 11.6 Å². The van der Waals surface area contributed by atoms with E-state index in [0.29, 0.717) is 26.1 Å². The molecule has 2 heterocycles. The highest BCUT2D eigenvalue weighted by Gasteiger charge is 2.43. The van der Waals surface area contributed by atoms with Gasteiger partial charge in [-0.05, 0) is 48.6 Å². The number of aryl methyl sites for hydroxylation is 1. The number of amides is 1. The van der Waals surface area contributed by atoms with Crippen molar-refractivity contribution in [2.24, 2.45) is 13.0 Å². The van der Waals surface area contributed by atoms with E-state index < -0.39 is 5.41 Å². The number of nitrogens with zero attached hydrogens (tertiary/aromatic N) is 2. The fourth-order valence-corrected chi connectivity index (χ4v) is 4.53. The minimum Gasteiger partial charge on any atom is -0.497 e. The quantitative estimate of drug-likeness (QED) is 0.650. The van der Waals surface area contributed by atoms with Crippen LogP contribution in [0, 0.1) is 5.92 Å². The normalized spacial score (nSPS) is 16.9. The monoisotopic (exact) mass is 421 g/mol. The average Bonchev–Trinajstić information content (AvgIpc) is 3.13. The molecule has 1 fully saturated rings. The number of benzene rings is 2. The summed E-state index contributed by atoms with van der Waals surface area (Å²) in [6.07, 6.45) is 1.30. The summed E-state index contributed by atoms with van der Waals surface area (Å²) in [6.45, 7) is 5.37. The zero-order valence-electron chi connectivity index (χ0n) is 18.7. The number of hydrogen-bond acceptors (Lipinski definition) is 4. The Morgan fingerprint density at radius 3 is 2.42 bits per heavy atom. The first-order chi connectivity index (χ1) is 15.0. The molecule has 1 aliphatic heterocycles. The first kappa shape index (κ1) is 21.4. The molecular weight excluding hydrogens is 390 g/mol. The number of ether oxygens (including phenoxy) is 2. The van der Waals surface area contributed by atoms with Crippen LogP contribution >= 0.6 is 0 Å². The zero-order valence-corrected chi connectivity index (χ0v) is 18.7. The number of para-hydroxylation sites is 2. The Hall–Kier alpha value is -2.86. The maximum Gasteiger partial charge on any atom is 0.231 e. The van der Waals surface area contributed by atoms with Gasteiger partial charge in [-0.3, -0.25) is 4.79 Å². The summed E-state index contributed by atoms with van der Waals surface area (Å²) in [5.41, 5.74) is 2.38. The number of imidazole rings is 1. The molecule has 1 amide bonds. The highest BCUT2D eigenvalue weighted by molar-refractivity contribution is 5.89. The Labute approximate surface area is 183 Å². The van der Waals surface area contributed by atoms with Crippen molar-refractivity contribution in [3.8, 4) is 5.75 Å². The van der Waals surface area contributed by atoms with Gasteiger partial charge in [-0.15, -0.1) is 0 Å². The lowest BCUT2D eigenvalue weighted by molar-refractivity contribution is -0.131. The van der Waals surface area contributed by atoms with Gasteiger partial charge in [0.05, 0.1) is 29.6 Å². The summed E-state index contributed by atoms with van der Waals surface area (Å²) in [5, 5.41) is 3.36. The molecule has 164 valence electrons. The third-order valence-electron chi connectivity index (χ3n) is 6.48. The van der Waals surface area contributed by atoms with E-state index in [1.54, 1.807) is 7.11 Å². The number of rotatable bonds is 6. The molecule has 3 aromatic rings. The maximum absolute atomic E-state index is 13.9. The second-order valence-electron chi connectivity index (χ2n) is 8.64. The van der Waals surface area contributed by atoms with Crippen LogP contribution in [0.3, 0.4) is 0 Å². The van der Waals surface area contributed by atoms with E-state index in [0.717, 1.165) is 28.2 Å². The summed E-state index contributed by atoms with van der Waals surface area (Å²) < 4.78 is 13.0. The van der Waals surface area contributed by atoms with Crippen molar-refractivity contribution in [1.29, 1.82) is 0 Å². The van der Waals surface area contributed by atoms with Crippen molar-refractivity contribution < 1.29 is 14.3 Å². The number of hydrogen-bond donors (Lipinski definition) is 1. The van der Waals surface area contributed by atoms with Crippen molar-refractivity contribution in [3.63, 3.8) is 0 Å². The highest BCUT2D eigenvalue weighted by atomic mass is 16.5. The van der Waals surface area contributed by atoms with Gasteiger partial charge >= 0.3 is 0 Å². The van der Waals surface area contributed by atoms with E-state index in [9.17, 15) is 4.79 Å². The number of nitrogens with one attached hydrogen (secondary N) is 1. The SMILES string of the molecule is COc1ccc(C2(C(=O)N[C@H](c3nc4ccccc4n3C)C(C)C)CCOCC2)cc1. The van der Waals surface area contributed by atoms with E-state index in [4.69, 9.17) is 14.5 Å². The molecule has 1 N–H and O–H groups in total. The Kier molecular flexibility index (Phi) is 6.01. The molecule has 0 radical (unpaired) electrons. The van der Waals surface area contributed by atoms with E-state index >= 15 is 0 Å². The van der Waals surface area contributed by atoms with E-state index in [1.807, 2.05) is 49.5 Å². The van der Waals surface area contributed by atoms with E-state index in [1.165, 1.54) is 0 Å². The van der Waals surface area contributed by atoms with Crippen molar-refractivity contribution in [2.75, 3.05) is 20.3 Å². The lowest BCUT2D eigenvalue weighted by Crippen LogP contribution is -2.50. The minimum atomic E-state index is -0.623. The molecular formula is C25H31N3O3. The van der Waals surface area contributed by atoms with Gasteiger partial charge in [0, 0.05) is 20.3 Å². The third-order valence-corrected chi connectivity index (χ3v) is 6.48. The lowest BCUT2D eigenvalue weighted by atomic mass is 9.73. The van der Waals surface area contributed by atoms with Gasteiger partial charge in [0.15, 0.2) is 0 Å². The number of methoxy groups -OCH3 is 1. The molecule has 4 rings (SSSR count). The summed E-state index contributed by atoms with van der Waals surface area (Å²) in [4.78, 5) is 18.7. The van der Waals surface area contributed by atoms with Crippen molar-refractivity contribution in [1.82, 2.24) is 14.9 Å². The zero-order chi connectivity index (χ0) is 22.0. The maximum atomic E-state index is 13.9. The Morgan fingerprint density at radius 2 is 1.81 bits per heavy atom. The summed E-state index contributed by atoms with van der Waals surface area (Å²) in [5.74, 6) is 1.88. The van der Waals surface area contributed by atoms with Crippen LogP contribution in [0.1, 0.15) is 44.1 Å². The third kappa shape index (κ3) is 3.92. The first-order valence-corrected chi connectivity index (χ1v) is 10.9.